The lowest BCUT2D eigenvalue weighted by Crippen LogP contribution is -2.18. The van der Waals surface area contributed by atoms with E-state index in [1.807, 2.05) is 31.2 Å². The molecule has 0 amide bonds. The Morgan fingerprint density at radius 2 is 1.73 bits per heavy atom. The van der Waals surface area contributed by atoms with E-state index >= 15 is 0 Å². The summed E-state index contributed by atoms with van der Waals surface area (Å²) in [7, 11) is 0. The highest BCUT2D eigenvalue weighted by atomic mass is 16.6. The Morgan fingerprint density at radius 3 is 2.38 bits per heavy atom. The van der Waals surface area contributed by atoms with Crippen molar-refractivity contribution in [2.45, 2.75) is 33.1 Å². The molecule has 0 unspecified atom stereocenters. The molecule has 0 fully saturated rings. The molecule has 0 heterocycles. The highest BCUT2D eigenvalue weighted by molar-refractivity contribution is 5.90. The number of benzene rings is 2. The Bertz CT molecular complexity index is 734. The minimum absolute atomic E-state index is 0.217. The van der Waals surface area contributed by atoms with Crippen molar-refractivity contribution in [3.8, 4) is 11.5 Å². The van der Waals surface area contributed by atoms with Crippen molar-refractivity contribution in [2.75, 3.05) is 13.2 Å². The van der Waals surface area contributed by atoms with E-state index in [2.05, 4.69) is 13.8 Å². The Hall–Kier alpha value is -2.82. The van der Waals surface area contributed by atoms with Gasteiger partial charge in [-0.2, -0.15) is 0 Å². The topological polar surface area (TPSA) is 61.8 Å². The van der Waals surface area contributed by atoms with Crippen LogP contribution in [0.4, 0.5) is 0 Å². The SMILES string of the molecule is CCCOC(=O)c1cccc(OC(=O)COc2ccc(C(C)C)cc2)c1. The lowest BCUT2D eigenvalue weighted by Gasteiger charge is -2.09. The molecule has 2 rings (SSSR count). The smallest absolute Gasteiger partial charge is 0.349 e. The first-order valence-electron chi connectivity index (χ1n) is 8.70. The highest BCUT2D eigenvalue weighted by Gasteiger charge is 2.11. The van der Waals surface area contributed by atoms with Gasteiger partial charge >= 0.3 is 11.9 Å². The van der Waals surface area contributed by atoms with Crippen LogP contribution in [0.25, 0.3) is 0 Å². The average Bonchev–Trinajstić information content (AvgIpc) is 2.65. The maximum atomic E-state index is 12.0. The van der Waals surface area contributed by atoms with Gasteiger partial charge in [0.2, 0.25) is 0 Å². The summed E-state index contributed by atoms with van der Waals surface area (Å²) in [5.41, 5.74) is 1.54. The third-order valence-electron chi connectivity index (χ3n) is 3.64. The van der Waals surface area contributed by atoms with Gasteiger partial charge in [0.1, 0.15) is 11.5 Å². The molecule has 0 N–H and O–H groups in total. The van der Waals surface area contributed by atoms with E-state index in [-0.39, 0.29) is 12.4 Å². The average molecular weight is 356 g/mol. The molecule has 0 saturated carbocycles. The maximum absolute atomic E-state index is 12.0. The second-order valence-corrected chi connectivity index (χ2v) is 6.15. The fourth-order valence-corrected chi connectivity index (χ4v) is 2.22. The lowest BCUT2D eigenvalue weighted by molar-refractivity contribution is -0.136. The van der Waals surface area contributed by atoms with Gasteiger partial charge < -0.3 is 14.2 Å². The van der Waals surface area contributed by atoms with Crippen LogP contribution in [0.15, 0.2) is 48.5 Å². The van der Waals surface area contributed by atoms with Gasteiger partial charge in [-0.05, 0) is 48.2 Å². The molecule has 2 aromatic carbocycles. The van der Waals surface area contributed by atoms with Gasteiger partial charge in [0, 0.05) is 0 Å². The minimum atomic E-state index is -0.544. The fraction of sp³-hybridized carbons (Fsp3) is 0.333. The molecule has 0 saturated heterocycles. The summed E-state index contributed by atoms with van der Waals surface area (Å²) in [6, 6.07) is 13.9. The van der Waals surface area contributed by atoms with Crippen LogP contribution >= 0.6 is 0 Å². The molecule has 0 aliphatic heterocycles. The zero-order valence-corrected chi connectivity index (χ0v) is 15.4. The van der Waals surface area contributed by atoms with Crippen LogP contribution in [-0.4, -0.2) is 25.2 Å². The molecule has 0 aliphatic rings. The van der Waals surface area contributed by atoms with Crippen molar-refractivity contribution in [1.29, 1.82) is 0 Å². The minimum Gasteiger partial charge on any atom is -0.482 e. The third kappa shape index (κ3) is 5.92. The van der Waals surface area contributed by atoms with Gasteiger partial charge in [0.05, 0.1) is 12.2 Å². The fourth-order valence-electron chi connectivity index (χ4n) is 2.22. The monoisotopic (exact) mass is 356 g/mol. The van der Waals surface area contributed by atoms with E-state index in [1.54, 1.807) is 18.2 Å². The molecule has 138 valence electrons. The van der Waals surface area contributed by atoms with E-state index < -0.39 is 11.9 Å². The quantitative estimate of drug-likeness (QED) is 0.519. The molecular formula is C21H24O5. The van der Waals surface area contributed by atoms with Crippen LogP contribution in [0.3, 0.4) is 0 Å². The summed E-state index contributed by atoms with van der Waals surface area (Å²) in [5, 5.41) is 0. The van der Waals surface area contributed by atoms with E-state index in [0.29, 0.717) is 23.8 Å². The van der Waals surface area contributed by atoms with Crippen LogP contribution in [0.1, 0.15) is 49.0 Å². The number of hydrogen-bond donors (Lipinski definition) is 0. The second kappa shape index (κ2) is 9.61. The van der Waals surface area contributed by atoms with Crippen LogP contribution in [0.2, 0.25) is 0 Å². The third-order valence-corrected chi connectivity index (χ3v) is 3.64. The van der Waals surface area contributed by atoms with E-state index in [1.165, 1.54) is 11.6 Å². The van der Waals surface area contributed by atoms with Gasteiger partial charge in [-0.1, -0.05) is 39.0 Å². The van der Waals surface area contributed by atoms with Crippen molar-refractivity contribution in [1.82, 2.24) is 0 Å². The number of rotatable bonds is 8. The predicted octanol–water partition coefficient (Wildman–Crippen LogP) is 4.36. The first-order chi connectivity index (χ1) is 12.5. The van der Waals surface area contributed by atoms with Crippen molar-refractivity contribution in [2.24, 2.45) is 0 Å². The first-order valence-corrected chi connectivity index (χ1v) is 8.70. The molecule has 0 radical (unpaired) electrons. The molecule has 0 aliphatic carbocycles. The van der Waals surface area contributed by atoms with Crippen LogP contribution in [0.5, 0.6) is 11.5 Å². The summed E-state index contributed by atoms with van der Waals surface area (Å²) >= 11 is 0. The van der Waals surface area contributed by atoms with Crippen molar-refractivity contribution >= 4 is 11.9 Å². The number of carbonyl (C=O) groups excluding carboxylic acids is 2. The Morgan fingerprint density at radius 1 is 1.00 bits per heavy atom. The Kier molecular flexibility index (Phi) is 7.21. The van der Waals surface area contributed by atoms with Gasteiger partial charge in [0.25, 0.3) is 0 Å². The van der Waals surface area contributed by atoms with Crippen LogP contribution < -0.4 is 9.47 Å². The van der Waals surface area contributed by atoms with Gasteiger partial charge in [-0.25, -0.2) is 9.59 Å². The number of ether oxygens (including phenoxy) is 3. The summed E-state index contributed by atoms with van der Waals surface area (Å²) in [5.74, 6) is 0.330. The number of esters is 2. The molecule has 0 bridgehead atoms. The lowest BCUT2D eigenvalue weighted by atomic mass is 10.0. The van der Waals surface area contributed by atoms with Crippen LogP contribution in [0, 0.1) is 0 Å². The van der Waals surface area contributed by atoms with Crippen molar-refractivity contribution in [3.63, 3.8) is 0 Å². The molecular weight excluding hydrogens is 332 g/mol. The normalized spacial score (nSPS) is 10.5. The second-order valence-electron chi connectivity index (χ2n) is 6.15. The van der Waals surface area contributed by atoms with E-state index in [0.717, 1.165) is 6.42 Å². The molecule has 26 heavy (non-hydrogen) atoms. The molecule has 5 nitrogen and oxygen atoms in total. The van der Waals surface area contributed by atoms with Crippen molar-refractivity contribution < 1.29 is 23.8 Å². The Balaban J connectivity index is 1.88. The Labute approximate surface area is 153 Å². The van der Waals surface area contributed by atoms with Gasteiger partial charge in [0.15, 0.2) is 6.61 Å². The molecule has 5 heteroatoms. The summed E-state index contributed by atoms with van der Waals surface area (Å²) in [6.07, 6.45) is 0.746. The standard InChI is InChI=1S/C21H24O5/c1-4-12-24-21(23)17-6-5-7-19(13-17)26-20(22)14-25-18-10-8-16(9-11-18)15(2)3/h5-11,13,15H,4,12,14H2,1-3H3. The highest BCUT2D eigenvalue weighted by Crippen LogP contribution is 2.19. The summed E-state index contributed by atoms with van der Waals surface area (Å²) in [4.78, 5) is 23.8. The van der Waals surface area contributed by atoms with Crippen LogP contribution in [-0.2, 0) is 9.53 Å². The van der Waals surface area contributed by atoms with Crippen molar-refractivity contribution in [3.05, 3.63) is 59.7 Å². The van der Waals surface area contributed by atoms with Gasteiger partial charge in [-0.15, -0.1) is 0 Å². The first kappa shape index (κ1) is 19.5. The maximum Gasteiger partial charge on any atom is 0.349 e. The summed E-state index contributed by atoms with van der Waals surface area (Å²) in [6.45, 7) is 6.28. The zero-order valence-electron chi connectivity index (χ0n) is 15.4. The predicted molar refractivity (Wildman–Crippen MR) is 98.7 cm³/mol. The molecule has 0 aromatic heterocycles. The largest absolute Gasteiger partial charge is 0.482 e. The number of hydrogen-bond acceptors (Lipinski definition) is 5. The molecule has 0 atom stereocenters. The van der Waals surface area contributed by atoms with Gasteiger partial charge in [-0.3, -0.25) is 0 Å². The summed E-state index contributed by atoms with van der Waals surface area (Å²) < 4.78 is 15.7. The van der Waals surface area contributed by atoms with E-state index in [4.69, 9.17) is 14.2 Å². The molecule has 0 spiro atoms. The number of carbonyl (C=O) groups is 2. The van der Waals surface area contributed by atoms with E-state index in [9.17, 15) is 9.59 Å². The molecule has 2 aromatic rings. The zero-order chi connectivity index (χ0) is 18.9.